The van der Waals surface area contributed by atoms with Crippen molar-refractivity contribution in [1.82, 2.24) is 15.0 Å². The molecule has 14 aromatic rings. The van der Waals surface area contributed by atoms with Crippen LogP contribution in [-0.4, -0.2) is 21.7 Å². The summed E-state index contributed by atoms with van der Waals surface area (Å²) in [6.07, 6.45) is 6.42. The maximum Gasteiger partial charge on any atom is 0.252 e. The molecule has 0 atom stereocenters. The van der Waals surface area contributed by atoms with Crippen LogP contribution in [0, 0.1) is 7.14 Å². The van der Waals surface area contributed by atoms with Gasteiger partial charge < -0.3 is 9.80 Å². The highest BCUT2D eigenvalue weighted by atomic mass is 127. The molecular weight excluding hydrogens is 1360 g/mol. The second-order valence-corrected chi connectivity index (χ2v) is 27.2. The van der Waals surface area contributed by atoms with E-state index in [9.17, 15) is 0 Å². The second kappa shape index (κ2) is 25.2. The quantitative estimate of drug-likeness (QED) is 0.0756. The molecule has 0 N–H and O–H groups in total. The Balaban J connectivity index is 1.04. The van der Waals surface area contributed by atoms with E-state index in [0.29, 0.717) is 17.5 Å². The van der Waals surface area contributed by atoms with Crippen LogP contribution >= 0.6 is 45.2 Å². The van der Waals surface area contributed by atoms with Crippen LogP contribution in [0.15, 0.2) is 279 Å². The van der Waals surface area contributed by atoms with Crippen molar-refractivity contribution < 1.29 is 0 Å². The van der Waals surface area contributed by atoms with E-state index in [0.717, 1.165) is 122 Å². The van der Waals surface area contributed by atoms with E-state index >= 15 is 0 Å². The van der Waals surface area contributed by atoms with Crippen molar-refractivity contribution in [2.45, 2.75) is 52.4 Å². The number of rotatable bonds is 15. The number of unbranched alkanes of at least 4 members (excludes halogenated alkanes) is 2. The van der Waals surface area contributed by atoms with Gasteiger partial charge in [0.1, 0.15) is 0 Å². The van der Waals surface area contributed by atoms with Crippen LogP contribution in [0.1, 0.15) is 50.7 Å². The number of aromatic nitrogens is 3. The fraction of sp³-hybridized carbons (Fsp3) is 0.0941. The van der Waals surface area contributed by atoms with E-state index in [1.807, 2.05) is 0 Å². The van der Waals surface area contributed by atoms with Gasteiger partial charge in [-0.3, -0.25) is 0 Å². The number of nitrogens with zero attached hydrogens (tertiary/aromatic N) is 5. The Kier molecular flexibility index (Phi) is 15.9. The van der Waals surface area contributed by atoms with Crippen LogP contribution < -0.4 is 26.2 Å². The molecule has 0 aliphatic carbocycles. The van der Waals surface area contributed by atoms with Crippen LogP contribution in [0.25, 0.3) is 100 Å². The predicted octanol–water partition coefficient (Wildman–Crippen LogP) is 21.8. The summed E-state index contributed by atoms with van der Waals surface area (Å²) in [5.41, 5.74) is 24.7. The summed E-state index contributed by atoms with van der Waals surface area (Å²) >= 11 is 5.11. The van der Waals surface area contributed by atoms with E-state index in [4.69, 9.17) is 15.0 Å². The van der Waals surface area contributed by atoms with Gasteiger partial charge in [0.05, 0.1) is 0 Å². The monoisotopic (exact) mass is 1420 g/mol. The molecule has 0 unspecified atom stereocenters. The van der Waals surface area contributed by atoms with Crippen LogP contribution in [0.5, 0.6) is 0 Å². The fourth-order valence-electron chi connectivity index (χ4n) is 14.2. The molecule has 2 aliphatic rings. The average molecular weight is 1420 g/mol. The van der Waals surface area contributed by atoms with Gasteiger partial charge >= 0.3 is 0 Å². The predicted molar refractivity (Wildman–Crippen MR) is 410 cm³/mol. The minimum absolute atomic E-state index is 0.140. The Hall–Kier alpha value is -9.49. The summed E-state index contributed by atoms with van der Waals surface area (Å²) in [7, 11) is 0. The molecule has 0 saturated carbocycles. The van der Waals surface area contributed by atoms with Crippen molar-refractivity contribution in [3.8, 4) is 78.7 Å². The summed E-state index contributed by atoms with van der Waals surface area (Å²) in [6.45, 7) is 4.43. The van der Waals surface area contributed by atoms with Crippen LogP contribution in [0.2, 0.25) is 0 Å². The van der Waals surface area contributed by atoms with E-state index in [1.54, 1.807) is 0 Å². The summed E-state index contributed by atoms with van der Waals surface area (Å²) in [5, 5.41) is 4.79. The van der Waals surface area contributed by atoms with Crippen molar-refractivity contribution in [2.24, 2.45) is 0 Å². The molecule has 0 radical (unpaired) electrons. The lowest BCUT2D eigenvalue weighted by Gasteiger charge is -2.45. The Morgan fingerprint density at radius 3 is 1.02 bits per heavy atom. The molecule has 3 heterocycles. The maximum atomic E-state index is 5.84. The number of fused-ring (bicyclic) bond motifs is 8. The lowest BCUT2D eigenvalue weighted by atomic mass is 9.33. The first-order valence-electron chi connectivity index (χ1n) is 32.5. The first-order valence-corrected chi connectivity index (χ1v) is 34.7. The van der Waals surface area contributed by atoms with Crippen molar-refractivity contribution >= 4 is 124 Å². The summed E-state index contributed by atoms with van der Waals surface area (Å²) < 4.78 is 2.41. The van der Waals surface area contributed by atoms with Gasteiger partial charge in [-0.1, -0.05) is 221 Å². The lowest BCUT2D eigenvalue weighted by molar-refractivity contribution is 0.794. The number of hydrogen-bond donors (Lipinski definition) is 0. The fourth-order valence-corrected chi connectivity index (χ4v) is 15.7. The molecule has 0 bridgehead atoms. The molecule has 0 amide bonds. The molecule has 93 heavy (non-hydrogen) atoms. The number of benzene rings is 13. The third-order valence-electron chi connectivity index (χ3n) is 18.6. The van der Waals surface area contributed by atoms with Gasteiger partial charge in [-0.2, -0.15) is 0 Å². The number of aryl methyl sites for hydroxylation is 2. The number of anilines is 6. The third kappa shape index (κ3) is 11.2. The van der Waals surface area contributed by atoms with Crippen LogP contribution in [-0.2, 0) is 12.8 Å². The molecule has 0 spiro atoms. The second-order valence-electron chi connectivity index (χ2n) is 24.7. The highest BCUT2D eigenvalue weighted by Gasteiger charge is 2.45. The van der Waals surface area contributed by atoms with Gasteiger partial charge in [-0.25, -0.2) is 15.0 Å². The summed E-state index contributed by atoms with van der Waals surface area (Å²) in [4.78, 5) is 22.6. The molecule has 16 rings (SSSR count). The highest BCUT2D eigenvalue weighted by molar-refractivity contribution is 14.1. The van der Waals surface area contributed by atoms with E-state index in [2.05, 4.69) is 348 Å². The number of halogens is 2. The SMILES string of the molecule is CCCCc1cc(I)cc(N2c3cc(-c4nc(-c5cc(-c6ccccc6)cc(-c6ccccc6)c5)nc(-c5cc(-c6ccccc6)cc(-c6ccccc6)c5)n4)cc4c3B(c3ccc5ccccc5c32)c2ccc3ccccc3c2N4c2cc(I)cc(CCCC)c2)c1. The van der Waals surface area contributed by atoms with Crippen molar-refractivity contribution in [3.63, 3.8) is 0 Å². The third-order valence-corrected chi connectivity index (χ3v) is 19.8. The smallest absolute Gasteiger partial charge is 0.252 e. The molecule has 13 aromatic carbocycles. The van der Waals surface area contributed by atoms with E-state index in [1.165, 1.54) is 67.6 Å². The number of hydrogen-bond acceptors (Lipinski definition) is 5. The van der Waals surface area contributed by atoms with Crippen molar-refractivity contribution in [1.29, 1.82) is 0 Å². The summed E-state index contributed by atoms with van der Waals surface area (Å²) in [5.74, 6) is 1.74. The van der Waals surface area contributed by atoms with Crippen molar-refractivity contribution in [3.05, 3.63) is 297 Å². The van der Waals surface area contributed by atoms with Gasteiger partial charge in [-0.05, 0) is 239 Å². The Morgan fingerprint density at radius 2 is 0.656 bits per heavy atom. The van der Waals surface area contributed by atoms with Crippen LogP contribution in [0.4, 0.5) is 34.1 Å². The normalized spacial score (nSPS) is 12.3. The topological polar surface area (TPSA) is 45.2 Å². The standard InChI is InChI=1S/C85H64BI2N5/c1-3-5-23-55-41-70(87)53-72(43-55)92-78-51-69(52-79-80(78)86(76-39-37-61-33-19-21-35-74(61)81(76)92)77-40-38-62-34-20-22-36-75(62)82(77)93(79)73-44-56(24-6-4-2)42-71(88)54-73)85-90-83(67-47-63(57-25-11-7-12-26-57)45-64(48-67)58-27-13-8-14-28-58)89-84(91-85)68-49-65(59-29-15-9-16-30-59)46-66(50-68)60-31-17-10-18-32-60/h7-22,25-54H,3-6,23-24H2,1-2H3. The van der Waals surface area contributed by atoms with Gasteiger partial charge in [0, 0.05) is 68.7 Å². The molecular formula is C85H64BI2N5. The lowest BCUT2D eigenvalue weighted by Crippen LogP contribution is -2.61. The van der Waals surface area contributed by atoms with Gasteiger partial charge in [0.25, 0.3) is 6.71 Å². The maximum absolute atomic E-state index is 5.84. The molecule has 2 aliphatic heterocycles. The molecule has 0 fully saturated rings. The van der Waals surface area contributed by atoms with E-state index in [-0.39, 0.29) is 6.71 Å². The highest BCUT2D eigenvalue weighted by Crippen LogP contribution is 2.50. The van der Waals surface area contributed by atoms with Gasteiger partial charge in [0.2, 0.25) is 0 Å². The Morgan fingerprint density at radius 1 is 0.323 bits per heavy atom. The van der Waals surface area contributed by atoms with Crippen molar-refractivity contribution in [2.75, 3.05) is 9.80 Å². The van der Waals surface area contributed by atoms with Gasteiger partial charge in [0.15, 0.2) is 17.5 Å². The molecule has 0 saturated heterocycles. The van der Waals surface area contributed by atoms with Crippen LogP contribution in [0.3, 0.4) is 0 Å². The largest absolute Gasteiger partial charge is 0.311 e. The minimum Gasteiger partial charge on any atom is -0.311 e. The Bertz CT molecular complexity index is 4750. The molecule has 8 heteroatoms. The Labute approximate surface area is 572 Å². The minimum atomic E-state index is -0.140. The zero-order chi connectivity index (χ0) is 62.5. The first kappa shape index (κ1) is 58.6. The molecule has 1 aromatic heterocycles. The van der Waals surface area contributed by atoms with Gasteiger partial charge in [-0.15, -0.1) is 0 Å². The summed E-state index contributed by atoms with van der Waals surface area (Å²) in [6, 6.07) is 103. The zero-order valence-corrected chi connectivity index (χ0v) is 56.2. The van der Waals surface area contributed by atoms with E-state index < -0.39 is 0 Å². The molecule has 446 valence electrons. The first-order chi connectivity index (χ1) is 45.8. The average Bonchev–Trinajstić information content (AvgIpc) is 0.688. The zero-order valence-electron chi connectivity index (χ0n) is 51.9. The molecule has 5 nitrogen and oxygen atoms in total.